The van der Waals surface area contributed by atoms with Gasteiger partial charge < -0.3 is 14.4 Å². The molecule has 0 saturated carbocycles. The van der Waals surface area contributed by atoms with E-state index in [1.807, 2.05) is 0 Å². The first-order chi connectivity index (χ1) is 38.4. The molecule has 1 spiro atoms. The Labute approximate surface area is 466 Å². The van der Waals surface area contributed by atoms with Crippen molar-refractivity contribution >= 4 is 51.1 Å². The van der Waals surface area contributed by atoms with E-state index in [2.05, 4.69) is 306 Å². The first-order valence-electron chi connectivity index (χ1n) is 28.2. The number of aryl methyl sites for hydroxylation is 1. The monoisotopic (exact) mass is 1020 g/mol. The van der Waals surface area contributed by atoms with E-state index in [9.17, 15) is 0 Å². The van der Waals surface area contributed by atoms with E-state index in [0.717, 1.165) is 41.3 Å². The van der Waals surface area contributed by atoms with Crippen molar-refractivity contribution in [2.45, 2.75) is 70.6 Å². The molecular formula is C76H65N3. The van der Waals surface area contributed by atoms with Crippen molar-refractivity contribution in [3.8, 4) is 44.5 Å². The Morgan fingerprint density at radius 1 is 0.405 bits per heavy atom. The molecule has 0 unspecified atom stereocenters. The number of nitrogens with zero attached hydrogens (tertiary/aromatic N) is 3. The Bertz CT molecular complexity index is 4120. The van der Waals surface area contributed by atoms with Crippen LogP contribution in [-0.2, 0) is 29.7 Å². The van der Waals surface area contributed by atoms with Gasteiger partial charge in [0.1, 0.15) is 0 Å². The molecule has 0 radical (unpaired) electrons. The standard InChI is InChI=1S/C76H65N3/c1-74(2,3)54-34-42-57(43-35-54)78(56-38-30-52(31-39-56)50-20-10-8-11-21-50)60-46-47-63-67(48-60)76(65-27-17-14-24-61(65)62-25-15-18-28-66(62)76)68-49-70(73-72(71(63)68)64-26-16-19-29-69(64)77(73)7)79(59-44-36-55(37-45-59)75(4,5)6)58-40-32-53(33-41-58)51-22-12-9-13-23-51/h8-18,20-28,30-49H,19,29H2,1-7H3. The van der Waals surface area contributed by atoms with Crippen LogP contribution in [-0.4, -0.2) is 4.57 Å². The summed E-state index contributed by atoms with van der Waals surface area (Å²) in [5, 5.41) is 1.32. The number of rotatable bonds is 8. The van der Waals surface area contributed by atoms with Gasteiger partial charge in [-0.2, -0.15) is 0 Å². The second-order valence-corrected chi connectivity index (χ2v) is 24.1. The van der Waals surface area contributed by atoms with Crippen LogP contribution in [0.3, 0.4) is 0 Å². The highest BCUT2D eigenvalue weighted by atomic mass is 15.2. The average molecular weight is 1020 g/mol. The van der Waals surface area contributed by atoms with Gasteiger partial charge in [-0.15, -0.1) is 0 Å². The lowest BCUT2D eigenvalue weighted by molar-refractivity contribution is 0.590. The number of allylic oxidation sites excluding steroid dienone is 1. The maximum absolute atomic E-state index is 2.61. The Kier molecular flexibility index (Phi) is 11.3. The molecule has 10 aromatic carbocycles. The average Bonchev–Trinajstić information content (AvgIpc) is 2.38. The SMILES string of the molecule is Cn1c2c(c3c4c(cc(N(c5ccc(-c6ccccc6)cc5)c5ccc(C(C)(C)C)cc5)c31)C1(c3ccccc3-c3ccccc31)c1cc(N(c3ccc(-c5ccccc5)cc3)c3ccc(C(C)(C)C)cc3)ccc1-4)C=CCC2. The van der Waals surface area contributed by atoms with E-state index in [0.29, 0.717) is 0 Å². The molecule has 3 nitrogen and oxygen atoms in total. The smallest absolute Gasteiger partial charge is 0.0737 e. The van der Waals surface area contributed by atoms with E-state index < -0.39 is 5.41 Å². The lowest BCUT2D eigenvalue weighted by atomic mass is 9.70. The fourth-order valence-corrected chi connectivity index (χ4v) is 13.5. The maximum Gasteiger partial charge on any atom is 0.0737 e. The molecule has 0 atom stereocenters. The van der Waals surface area contributed by atoms with Crippen LogP contribution in [0.2, 0.25) is 0 Å². The predicted molar refractivity (Wildman–Crippen MR) is 334 cm³/mol. The Hall–Kier alpha value is -8.92. The molecule has 0 bridgehead atoms. The van der Waals surface area contributed by atoms with Crippen molar-refractivity contribution in [3.63, 3.8) is 0 Å². The zero-order valence-electron chi connectivity index (χ0n) is 46.3. The number of hydrogen-bond donors (Lipinski definition) is 0. The lowest BCUT2D eigenvalue weighted by Crippen LogP contribution is -2.26. The topological polar surface area (TPSA) is 11.4 Å². The third-order valence-corrected chi connectivity index (χ3v) is 17.4. The van der Waals surface area contributed by atoms with Gasteiger partial charge in [-0.25, -0.2) is 0 Å². The molecule has 3 aliphatic rings. The van der Waals surface area contributed by atoms with Gasteiger partial charge in [0.2, 0.25) is 0 Å². The van der Waals surface area contributed by atoms with Crippen molar-refractivity contribution in [2.75, 3.05) is 9.80 Å². The van der Waals surface area contributed by atoms with Crippen LogP contribution in [0.25, 0.3) is 61.5 Å². The molecule has 1 heterocycles. The summed E-state index contributed by atoms with van der Waals surface area (Å²) in [6.07, 6.45) is 6.82. The zero-order chi connectivity index (χ0) is 53.8. The number of benzene rings is 10. The van der Waals surface area contributed by atoms with Crippen LogP contribution in [0.4, 0.5) is 34.1 Å². The summed E-state index contributed by atoms with van der Waals surface area (Å²) in [5.74, 6) is 0. The van der Waals surface area contributed by atoms with E-state index in [1.165, 1.54) is 106 Å². The third kappa shape index (κ3) is 7.69. The van der Waals surface area contributed by atoms with Gasteiger partial charge in [0.25, 0.3) is 0 Å². The summed E-state index contributed by atoms with van der Waals surface area (Å²) < 4.78 is 2.54. The third-order valence-electron chi connectivity index (χ3n) is 17.4. The number of hydrogen-bond acceptors (Lipinski definition) is 2. The maximum atomic E-state index is 2.61. The van der Waals surface area contributed by atoms with Crippen LogP contribution in [0.5, 0.6) is 0 Å². The highest BCUT2D eigenvalue weighted by Crippen LogP contribution is 2.66. The van der Waals surface area contributed by atoms with Crippen LogP contribution >= 0.6 is 0 Å². The quantitative estimate of drug-likeness (QED) is 0.150. The minimum Gasteiger partial charge on any atom is -0.345 e. The Morgan fingerprint density at radius 2 is 0.848 bits per heavy atom. The van der Waals surface area contributed by atoms with Crippen molar-refractivity contribution in [1.29, 1.82) is 0 Å². The van der Waals surface area contributed by atoms with Gasteiger partial charge in [0.15, 0.2) is 0 Å². The molecular weight excluding hydrogens is 955 g/mol. The van der Waals surface area contributed by atoms with Crippen LogP contribution in [0.1, 0.15) is 92.6 Å². The van der Waals surface area contributed by atoms with Gasteiger partial charge >= 0.3 is 0 Å². The van der Waals surface area contributed by atoms with E-state index in [1.54, 1.807) is 0 Å². The predicted octanol–water partition coefficient (Wildman–Crippen LogP) is 20.3. The van der Waals surface area contributed by atoms with E-state index in [4.69, 9.17) is 0 Å². The summed E-state index contributed by atoms with van der Waals surface area (Å²) >= 11 is 0. The number of aromatic nitrogens is 1. The Balaban J connectivity index is 1.06. The summed E-state index contributed by atoms with van der Waals surface area (Å²) in [5.41, 5.74) is 27.9. The minimum atomic E-state index is -0.657. The molecule has 14 rings (SSSR count). The van der Waals surface area contributed by atoms with Crippen molar-refractivity contribution in [3.05, 3.63) is 281 Å². The van der Waals surface area contributed by atoms with Crippen molar-refractivity contribution < 1.29 is 0 Å². The molecule has 0 amide bonds. The molecule has 0 fully saturated rings. The molecule has 1 aromatic heterocycles. The largest absolute Gasteiger partial charge is 0.345 e. The van der Waals surface area contributed by atoms with Crippen LogP contribution in [0, 0.1) is 0 Å². The molecule has 384 valence electrons. The molecule has 0 aliphatic heterocycles. The van der Waals surface area contributed by atoms with Crippen molar-refractivity contribution in [2.24, 2.45) is 7.05 Å². The summed E-state index contributed by atoms with van der Waals surface area (Å²) in [4.78, 5) is 5.02. The minimum absolute atomic E-state index is 0.00236. The fourth-order valence-electron chi connectivity index (χ4n) is 13.5. The van der Waals surface area contributed by atoms with Gasteiger partial charge in [-0.05, 0) is 168 Å². The normalized spacial score (nSPS) is 13.7. The number of fused-ring (bicyclic) bond motifs is 14. The molecule has 11 aromatic rings. The van der Waals surface area contributed by atoms with Crippen LogP contribution < -0.4 is 9.80 Å². The van der Waals surface area contributed by atoms with Crippen molar-refractivity contribution in [1.82, 2.24) is 4.57 Å². The molecule has 79 heavy (non-hydrogen) atoms. The van der Waals surface area contributed by atoms with Gasteiger partial charge in [0, 0.05) is 52.1 Å². The molecule has 3 aliphatic carbocycles. The first kappa shape index (κ1) is 48.5. The summed E-state index contributed by atoms with van der Waals surface area (Å²) in [6, 6.07) is 87.0. The van der Waals surface area contributed by atoms with Gasteiger partial charge in [-0.1, -0.05) is 217 Å². The highest BCUT2D eigenvalue weighted by Gasteiger charge is 2.53. The summed E-state index contributed by atoms with van der Waals surface area (Å²) in [7, 11) is 2.32. The highest BCUT2D eigenvalue weighted by molar-refractivity contribution is 6.15. The Morgan fingerprint density at radius 3 is 1.35 bits per heavy atom. The van der Waals surface area contributed by atoms with E-state index >= 15 is 0 Å². The van der Waals surface area contributed by atoms with E-state index in [-0.39, 0.29) is 10.8 Å². The second-order valence-electron chi connectivity index (χ2n) is 24.1. The summed E-state index contributed by atoms with van der Waals surface area (Å²) in [6.45, 7) is 13.8. The first-order valence-corrected chi connectivity index (χ1v) is 28.2. The van der Waals surface area contributed by atoms with Gasteiger partial charge in [-0.3, -0.25) is 0 Å². The number of anilines is 6. The molecule has 0 saturated heterocycles. The lowest BCUT2D eigenvalue weighted by Gasteiger charge is -2.34. The zero-order valence-corrected chi connectivity index (χ0v) is 46.3. The van der Waals surface area contributed by atoms with Gasteiger partial charge in [0.05, 0.1) is 16.6 Å². The second kappa shape index (κ2) is 18.4. The molecule has 0 N–H and O–H groups in total. The van der Waals surface area contributed by atoms with Crippen LogP contribution in [0.15, 0.2) is 237 Å². The fraction of sp³-hybridized carbons (Fsp3) is 0.158. The molecule has 3 heteroatoms.